The van der Waals surface area contributed by atoms with Gasteiger partial charge in [-0.25, -0.2) is 0 Å². The third-order valence-electron chi connectivity index (χ3n) is 3.47. The maximum Gasteiger partial charge on any atom is 0.126 e. The molecule has 0 fully saturated rings. The zero-order chi connectivity index (χ0) is 11.6. The van der Waals surface area contributed by atoms with Crippen LogP contribution in [0.5, 0.6) is 0 Å². The van der Waals surface area contributed by atoms with Gasteiger partial charge in [0.25, 0.3) is 0 Å². The Morgan fingerprint density at radius 1 is 1.25 bits per heavy atom. The van der Waals surface area contributed by atoms with Crippen LogP contribution in [0, 0.1) is 11.3 Å². The Kier molecular flexibility index (Phi) is 2.95. The summed E-state index contributed by atoms with van der Waals surface area (Å²) < 4.78 is 0. The summed E-state index contributed by atoms with van der Waals surface area (Å²) in [6.45, 7) is 4.51. The van der Waals surface area contributed by atoms with Gasteiger partial charge in [-0.15, -0.1) is 0 Å². The monoisotopic (exact) mass is 214 g/mol. The molecule has 1 aromatic carbocycles. The van der Waals surface area contributed by atoms with Gasteiger partial charge in [0.1, 0.15) is 6.29 Å². The molecule has 1 heteroatoms. The highest BCUT2D eigenvalue weighted by molar-refractivity contribution is 5.74. The summed E-state index contributed by atoms with van der Waals surface area (Å²) in [5.74, 6) is 0.100. The van der Waals surface area contributed by atoms with Crippen molar-refractivity contribution < 1.29 is 4.79 Å². The molecule has 0 aliphatic heterocycles. The van der Waals surface area contributed by atoms with Gasteiger partial charge >= 0.3 is 0 Å². The molecule has 0 saturated heterocycles. The molecule has 0 N–H and O–H groups in total. The van der Waals surface area contributed by atoms with E-state index in [1.54, 1.807) is 0 Å². The van der Waals surface area contributed by atoms with Gasteiger partial charge in [0, 0.05) is 5.92 Å². The first-order chi connectivity index (χ1) is 7.63. The summed E-state index contributed by atoms with van der Waals surface area (Å²) in [6.07, 6.45) is 5.27. The molecule has 0 heterocycles. The number of aldehydes is 1. The molecule has 1 aliphatic rings. The van der Waals surface area contributed by atoms with Crippen molar-refractivity contribution in [3.05, 3.63) is 42.0 Å². The van der Waals surface area contributed by atoms with E-state index < -0.39 is 0 Å². The number of benzene rings is 1. The van der Waals surface area contributed by atoms with Gasteiger partial charge in [0.05, 0.1) is 0 Å². The second-order valence-electron chi connectivity index (χ2n) is 5.17. The van der Waals surface area contributed by atoms with Crippen LogP contribution >= 0.6 is 0 Å². The Hall–Kier alpha value is -1.37. The second-order valence-corrected chi connectivity index (χ2v) is 5.17. The standard InChI is InChI=1S/C15H18O/c1-15(2)9-8-12(11-16)10-14(15)13-6-4-3-5-7-13/h3-7,10-12H,8-9H2,1-2H3. The number of rotatable bonds is 2. The number of hydrogen-bond acceptors (Lipinski definition) is 1. The summed E-state index contributed by atoms with van der Waals surface area (Å²) >= 11 is 0. The first-order valence-corrected chi connectivity index (χ1v) is 5.86. The van der Waals surface area contributed by atoms with Gasteiger partial charge in [0.15, 0.2) is 0 Å². The maximum absolute atomic E-state index is 10.9. The molecule has 0 bridgehead atoms. The van der Waals surface area contributed by atoms with E-state index in [2.05, 4.69) is 44.2 Å². The Bertz CT molecular complexity index is 401. The normalized spacial score (nSPS) is 23.6. The van der Waals surface area contributed by atoms with Crippen molar-refractivity contribution in [3.63, 3.8) is 0 Å². The highest BCUT2D eigenvalue weighted by atomic mass is 16.1. The summed E-state index contributed by atoms with van der Waals surface area (Å²) in [5.41, 5.74) is 2.75. The Morgan fingerprint density at radius 2 is 1.94 bits per heavy atom. The van der Waals surface area contributed by atoms with Gasteiger partial charge in [-0.05, 0) is 29.4 Å². The fourth-order valence-electron chi connectivity index (χ4n) is 2.40. The van der Waals surface area contributed by atoms with Gasteiger partial charge in [-0.1, -0.05) is 50.3 Å². The molecule has 16 heavy (non-hydrogen) atoms. The first kappa shape index (κ1) is 11.1. The predicted octanol–water partition coefficient (Wildman–Crippen LogP) is 3.71. The van der Waals surface area contributed by atoms with Gasteiger partial charge in [-0.3, -0.25) is 0 Å². The Balaban J connectivity index is 2.42. The van der Waals surface area contributed by atoms with E-state index in [9.17, 15) is 4.79 Å². The maximum atomic E-state index is 10.9. The van der Waals surface area contributed by atoms with Crippen molar-refractivity contribution in [1.29, 1.82) is 0 Å². The fourth-order valence-corrected chi connectivity index (χ4v) is 2.40. The number of allylic oxidation sites excluding steroid dienone is 2. The Labute approximate surface area is 97.2 Å². The van der Waals surface area contributed by atoms with Crippen LogP contribution in [-0.2, 0) is 4.79 Å². The average molecular weight is 214 g/mol. The predicted molar refractivity (Wildman–Crippen MR) is 67.0 cm³/mol. The zero-order valence-electron chi connectivity index (χ0n) is 9.94. The van der Waals surface area contributed by atoms with E-state index in [1.165, 1.54) is 11.1 Å². The lowest BCUT2D eigenvalue weighted by Crippen LogP contribution is -2.21. The number of carbonyl (C=O) groups is 1. The van der Waals surface area contributed by atoms with Crippen molar-refractivity contribution >= 4 is 11.9 Å². The number of carbonyl (C=O) groups excluding carboxylic acids is 1. The molecule has 0 radical (unpaired) electrons. The average Bonchev–Trinajstić information content (AvgIpc) is 2.30. The first-order valence-electron chi connectivity index (χ1n) is 5.86. The molecule has 1 nitrogen and oxygen atoms in total. The van der Waals surface area contributed by atoms with Gasteiger partial charge in [-0.2, -0.15) is 0 Å². The molecule has 0 amide bonds. The molecule has 2 rings (SSSR count). The van der Waals surface area contributed by atoms with Crippen molar-refractivity contribution in [2.45, 2.75) is 26.7 Å². The van der Waals surface area contributed by atoms with Gasteiger partial charge in [0.2, 0.25) is 0 Å². The molecular weight excluding hydrogens is 196 g/mol. The molecule has 0 saturated carbocycles. The van der Waals surface area contributed by atoms with Gasteiger partial charge < -0.3 is 4.79 Å². The second kappa shape index (κ2) is 4.25. The minimum Gasteiger partial charge on any atom is -0.303 e. The van der Waals surface area contributed by atoms with E-state index in [0.717, 1.165) is 19.1 Å². The third kappa shape index (κ3) is 2.08. The van der Waals surface area contributed by atoms with E-state index in [0.29, 0.717) is 0 Å². The molecule has 1 aliphatic carbocycles. The lowest BCUT2D eigenvalue weighted by Gasteiger charge is -2.34. The molecule has 0 spiro atoms. The Morgan fingerprint density at radius 3 is 2.56 bits per heavy atom. The molecule has 1 aromatic rings. The van der Waals surface area contributed by atoms with Crippen LogP contribution in [0.2, 0.25) is 0 Å². The SMILES string of the molecule is CC1(C)CCC(C=O)C=C1c1ccccc1. The lowest BCUT2D eigenvalue weighted by atomic mass is 9.70. The topological polar surface area (TPSA) is 17.1 Å². The molecular formula is C15H18O. The van der Waals surface area contributed by atoms with Crippen LogP contribution in [0.4, 0.5) is 0 Å². The van der Waals surface area contributed by atoms with Crippen LogP contribution in [0.15, 0.2) is 36.4 Å². The van der Waals surface area contributed by atoms with Crippen molar-refractivity contribution in [3.8, 4) is 0 Å². The third-order valence-corrected chi connectivity index (χ3v) is 3.47. The van der Waals surface area contributed by atoms with Crippen LogP contribution in [0.1, 0.15) is 32.3 Å². The molecule has 84 valence electrons. The zero-order valence-corrected chi connectivity index (χ0v) is 9.94. The summed E-state index contributed by atoms with van der Waals surface area (Å²) in [5, 5.41) is 0. The minimum atomic E-state index is 0.100. The van der Waals surface area contributed by atoms with E-state index in [-0.39, 0.29) is 11.3 Å². The highest BCUT2D eigenvalue weighted by Crippen LogP contribution is 2.43. The molecule has 1 unspecified atom stereocenters. The summed E-state index contributed by atoms with van der Waals surface area (Å²) in [6, 6.07) is 10.4. The van der Waals surface area contributed by atoms with Crippen LogP contribution in [0.25, 0.3) is 5.57 Å². The smallest absolute Gasteiger partial charge is 0.126 e. The minimum absolute atomic E-state index is 0.100. The van der Waals surface area contributed by atoms with E-state index >= 15 is 0 Å². The molecule has 1 atom stereocenters. The van der Waals surface area contributed by atoms with Crippen molar-refractivity contribution in [1.82, 2.24) is 0 Å². The van der Waals surface area contributed by atoms with E-state index in [1.807, 2.05) is 6.07 Å². The van der Waals surface area contributed by atoms with E-state index in [4.69, 9.17) is 0 Å². The van der Waals surface area contributed by atoms with Crippen molar-refractivity contribution in [2.75, 3.05) is 0 Å². The summed E-state index contributed by atoms with van der Waals surface area (Å²) in [4.78, 5) is 10.9. The lowest BCUT2D eigenvalue weighted by molar-refractivity contribution is -0.110. The van der Waals surface area contributed by atoms with Crippen LogP contribution in [0.3, 0.4) is 0 Å². The van der Waals surface area contributed by atoms with Crippen molar-refractivity contribution in [2.24, 2.45) is 11.3 Å². The van der Waals surface area contributed by atoms with Crippen LogP contribution in [-0.4, -0.2) is 6.29 Å². The highest BCUT2D eigenvalue weighted by Gasteiger charge is 2.29. The molecule has 0 aromatic heterocycles. The quantitative estimate of drug-likeness (QED) is 0.686. The fraction of sp³-hybridized carbons (Fsp3) is 0.400. The number of hydrogen-bond donors (Lipinski definition) is 0. The van der Waals surface area contributed by atoms with Crippen LogP contribution < -0.4 is 0 Å². The summed E-state index contributed by atoms with van der Waals surface area (Å²) in [7, 11) is 0. The largest absolute Gasteiger partial charge is 0.303 e.